The second-order valence-electron chi connectivity index (χ2n) is 6.41. The fourth-order valence-corrected chi connectivity index (χ4v) is 5.70. The predicted molar refractivity (Wildman–Crippen MR) is 78.6 cm³/mol. The molecular formula is C14H18O10S. The highest BCUT2D eigenvalue weighted by Crippen LogP contribution is 2.59. The summed E-state index contributed by atoms with van der Waals surface area (Å²) in [5, 5.41) is 17.9. The number of hydrogen-bond donors (Lipinski definition) is 2. The Balaban J connectivity index is 1.82. The molecular weight excluding hydrogens is 360 g/mol. The summed E-state index contributed by atoms with van der Waals surface area (Å²) in [5.41, 5.74) is -3.02. The predicted octanol–water partition coefficient (Wildman–Crippen LogP) is -1.99. The van der Waals surface area contributed by atoms with Gasteiger partial charge in [-0.3, -0.25) is 4.18 Å². The molecule has 25 heavy (non-hydrogen) atoms. The number of aliphatic hydroxyl groups excluding tert-OH is 2. The molecule has 0 aromatic rings. The lowest BCUT2D eigenvalue weighted by atomic mass is 9.78. The van der Waals surface area contributed by atoms with Crippen molar-refractivity contribution in [3.8, 4) is 0 Å². The maximum Gasteiger partial charge on any atom is 0.344 e. The van der Waals surface area contributed by atoms with Crippen molar-refractivity contribution >= 4 is 22.1 Å². The average Bonchev–Trinajstić information content (AvgIpc) is 3.05. The first kappa shape index (κ1) is 18.3. The maximum atomic E-state index is 12.3. The van der Waals surface area contributed by atoms with E-state index >= 15 is 0 Å². The Labute approximate surface area is 143 Å². The van der Waals surface area contributed by atoms with Gasteiger partial charge in [0.15, 0.2) is 18.0 Å². The van der Waals surface area contributed by atoms with E-state index in [1.165, 1.54) is 6.92 Å². The largest absolute Gasteiger partial charge is 0.455 e. The summed E-state index contributed by atoms with van der Waals surface area (Å²) in [7, 11) is -4.18. The van der Waals surface area contributed by atoms with Crippen molar-refractivity contribution in [3.63, 3.8) is 0 Å². The van der Waals surface area contributed by atoms with Crippen LogP contribution in [0.15, 0.2) is 12.2 Å². The normalized spacial score (nSPS) is 40.0. The highest BCUT2D eigenvalue weighted by Gasteiger charge is 2.81. The first-order valence-electron chi connectivity index (χ1n) is 7.48. The van der Waals surface area contributed by atoms with Gasteiger partial charge in [0, 0.05) is 12.0 Å². The summed E-state index contributed by atoms with van der Waals surface area (Å²) in [4.78, 5) is 23.3. The molecule has 3 fully saturated rings. The van der Waals surface area contributed by atoms with Gasteiger partial charge in [0.2, 0.25) is 0 Å². The molecule has 3 aliphatic rings. The Bertz CT molecular complexity index is 730. The van der Waals surface area contributed by atoms with E-state index in [1.807, 2.05) is 0 Å². The Morgan fingerprint density at radius 1 is 1.32 bits per heavy atom. The first-order valence-corrected chi connectivity index (χ1v) is 8.95. The van der Waals surface area contributed by atoms with Crippen molar-refractivity contribution in [1.29, 1.82) is 0 Å². The van der Waals surface area contributed by atoms with Gasteiger partial charge >= 0.3 is 11.9 Å². The fourth-order valence-electron chi connectivity index (χ4n) is 3.66. The molecule has 0 saturated carbocycles. The highest BCUT2D eigenvalue weighted by atomic mass is 32.2. The number of carbonyl (C=O) groups excluding carboxylic acids is 2. The third-order valence-corrected chi connectivity index (χ3v) is 6.52. The lowest BCUT2D eigenvalue weighted by Crippen LogP contribution is -2.56. The molecule has 0 aromatic heterocycles. The van der Waals surface area contributed by atoms with Crippen LogP contribution >= 0.6 is 0 Å². The lowest BCUT2D eigenvalue weighted by Gasteiger charge is -2.32. The van der Waals surface area contributed by atoms with Crippen molar-refractivity contribution in [2.75, 3.05) is 19.8 Å². The minimum atomic E-state index is -4.18. The minimum Gasteiger partial charge on any atom is -0.455 e. The van der Waals surface area contributed by atoms with Gasteiger partial charge in [-0.2, -0.15) is 8.42 Å². The van der Waals surface area contributed by atoms with Crippen LogP contribution in [-0.4, -0.2) is 79.1 Å². The van der Waals surface area contributed by atoms with Gasteiger partial charge in [0.1, 0.15) is 17.3 Å². The first-order chi connectivity index (χ1) is 11.6. The molecule has 0 spiro atoms. The van der Waals surface area contributed by atoms with Crippen molar-refractivity contribution in [2.24, 2.45) is 0 Å². The third kappa shape index (κ3) is 2.49. The molecule has 11 heteroatoms. The van der Waals surface area contributed by atoms with Crippen LogP contribution in [0.4, 0.5) is 0 Å². The van der Waals surface area contributed by atoms with Gasteiger partial charge in [0.05, 0.1) is 13.2 Å². The van der Waals surface area contributed by atoms with E-state index in [-0.39, 0.29) is 12.0 Å². The molecule has 2 N–H and O–H groups in total. The van der Waals surface area contributed by atoms with Crippen LogP contribution in [-0.2, 0) is 38.1 Å². The number of aliphatic hydroxyl groups is 2. The van der Waals surface area contributed by atoms with Crippen molar-refractivity contribution < 1.29 is 46.6 Å². The monoisotopic (exact) mass is 378 g/mol. The van der Waals surface area contributed by atoms with Crippen LogP contribution in [0.2, 0.25) is 0 Å². The van der Waals surface area contributed by atoms with E-state index in [0.717, 1.165) is 0 Å². The van der Waals surface area contributed by atoms with Crippen LogP contribution in [0.25, 0.3) is 0 Å². The zero-order chi connectivity index (χ0) is 18.6. The molecule has 0 aromatic carbocycles. The van der Waals surface area contributed by atoms with Crippen LogP contribution in [0.1, 0.15) is 13.3 Å². The van der Waals surface area contributed by atoms with Crippen molar-refractivity contribution in [2.45, 2.75) is 42.0 Å². The SMILES string of the molecule is C=C(C)C(=O)OCC(=O)OC1C2C3(CO)OC1(CO)CC3OS2(=O)=O. The van der Waals surface area contributed by atoms with Gasteiger partial charge in [-0.15, -0.1) is 0 Å². The molecule has 3 aliphatic heterocycles. The molecule has 10 nitrogen and oxygen atoms in total. The molecule has 3 rings (SSSR count). The Hall–Kier alpha value is -1.53. The van der Waals surface area contributed by atoms with Crippen LogP contribution < -0.4 is 0 Å². The van der Waals surface area contributed by atoms with E-state index in [2.05, 4.69) is 11.3 Å². The van der Waals surface area contributed by atoms with E-state index in [1.54, 1.807) is 0 Å². The number of carbonyl (C=O) groups is 2. The standard InChI is InChI=1S/C14H18O10S/c1-7(2)12(18)21-4-9(17)22-10-11-14(6-16)8(23-25(11,19)20)3-13(10,5-15)24-14/h8,10-11,15-16H,1,3-6H2,2H3. The van der Waals surface area contributed by atoms with E-state index in [4.69, 9.17) is 13.7 Å². The van der Waals surface area contributed by atoms with Gasteiger partial charge in [-0.05, 0) is 6.92 Å². The van der Waals surface area contributed by atoms with E-state index in [9.17, 15) is 28.2 Å². The second kappa shape index (κ2) is 5.74. The molecule has 5 atom stereocenters. The summed E-state index contributed by atoms with van der Waals surface area (Å²) in [6.07, 6.45) is -2.43. The Morgan fingerprint density at radius 3 is 2.56 bits per heavy atom. The molecule has 2 bridgehead atoms. The topological polar surface area (TPSA) is 146 Å². The summed E-state index contributed by atoms with van der Waals surface area (Å²) < 4.78 is 45.0. The highest BCUT2D eigenvalue weighted by molar-refractivity contribution is 7.87. The average molecular weight is 378 g/mol. The van der Waals surface area contributed by atoms with E-state index < -0.39 is 70.5 Å². The third-order valence-electron chi connectivity index (χ3n) is 4.75. The zero-order valence-electron chi connectivity index (χ0n) is 13.3. The Morgan fingerprint density at radius 2 is 2.00 bits per heavy atom. The summed E-state index contributed by atoms with van der Waals surface area (Å²) >= 11 is 0. The van der Waals surface area contributed by atoms with Crippen LogP contribution in [0, 0.1) is 0 Å². The summed E-state index contributed by atoms with van der Waals surface area (Å²) in [6, 6.07) is 0. The molecule has 5 unspecified atom stereocenters. The zero-order valence-corrected chi connectivity index (χ0v) is 14.2. The molecule has 140 valence electrons. The molecule has 3 saturated heterocycles. The van der Waals surface area contributed by atoms with Crippen LogP contribution in [0.5, 0.6) is 0 Å². The Kier molecular flexibility index (Phi) is 4.20. The lowest BCUT2D eigenvalue weighted by molar-refractivity contribution is -0.170. The van der Waals surface area contributed by atoms with Gasteiger partial charge in [0.25, 0.3) is 10.1 Å². The van der Waals surface area contributed by atoms with Gasteiger partial charge in [-0.1, -0.05) is 6.58 Å². The number of ether oxygens (including phenoxy) is 3. The van der Waals surface area contributed by atoms with Gasteiger partial charge < -0.3 is 24.4 Å². The van der Waals surface area contributed by atoms with E-state index in [0.29, 0.717) is 0 Å². The van der Waals surface area contributed by atoms with Gasteiger partial charge in [-0.25, -0.2) is 9.59 Å². The van der Waals surface area contributed by atoms with Crippen LogP contribution in [0.3, 0.4) is 0 Å². The van der Waals surface area contributed by atoms with Crippen molar-refractivity contribution in [1.82, 2.24) is 0 Å². The van der Waals surface area contributed by atoms with Crippen molar-refractivity contribution in [3.05, 3.63) is 12.2 Å². The summed E-state index contributed by atoms with van der Waals surface area (Å²) in [5.74, 6) is -1.82. The second-order valence-corrected chi connectivity index (χ2v) is 8.09. The number of hydrogen-bond acceptors (Lipinski definition) is 10. The molecule has 0 amide bonds. The number of esters is 2. The fraction of sp³-hybridized carbons (Fsp3) is 0.714. The quantitative estimate of drug-likeness (QED) is 0.302. The molecule has 0 radical (unpaired) electrons. The summed E-state index contributed by atoms with van der Waals surface area (Å²) in [6.45, 7) is 2.68. The smallest absolute Gasteiger partial charge is 0.344 e. The molecule has 0 aliphatic carbocycles. The molecule has 3 heterocycles. The maximum absolute atomic E-state index is 12.3. The number of fused-ring (bicyclic) bond motifs is 1. The number of rotatable bonds is 6. The minimum absolute atomic E-state index is 0.0662.